The first-order chi connectivity index (χ1) is 9.55. The Balaban J connectivity index is 2.38. The molecule has 0 fully saturated rings. The first-order valence-corrected chi connectivity index (χ1v) is 6.54. The van der Waals surface area contributed by atoms with E-state index in [1.807, 2.05) is 0 Å². The molecule has 0 radical (unpaired) electrons. The van der Waals surface area contributed by atoms with Crippen LogP contribution in [0.15, 0.2) is 30.3 Å². The van der Waals surface area contributed by atoms with Crippen LogP contribution < -0.4 is 20.5 Å². The molecule has 0 unspecified atom stereocenters. The van der Waals surface area contributed by atoms with Crippen LogP contribution in [0.3, 0.4) is 0 Å². The number of nitrogen functional groups attached to an aromatic ring is 1. The Morgan fingerprint density at radius 2 is 1.60 bits per heavy atom. The Bertz CT molecular complexity index is 633. The fourth-order valence-corrected chi connectivity index (χ4v) is 2.19. The monoisotopic (exact) mass is 312 g/mol. The number of rotatable bonds is 4. The number of methoxy groups -OCH3 is 2. The number of anilines is 3. The summed E-state index contributed by atoms with van der Waals surface area (Å²) in [4.78, 5) is 0. The summed E-state index contributed by atoms with van der Waals surface area (Å²) in [5.74, 6) is 1.15. The number of halogens is 2. The molecule has 2 rings (SSSR count). The lowest BCUT2D eigenvalue weighted by atomic mass is 10.2. The molecule has 106 valence electrons. The highest BCUT2D eigenvalue weighted by Gasteiger charge is 2.10. The molecular formula is C14H14Cl2N2O2. The van der Waals surface area contributed by atoms with E-state index >= 15 is 0 Å². The molecule has 0 atom stereocenters. The van der Waals surface area contributed by atoms with E-state index in [-0.39, 0.29) is 0 Å². The third kappa shape index (κ3) is 3.03. The molecule has 4 nitrogen and oxygen atoms in total. The second-order valence-electron chi connectivity index (χ2n) is 4.04. The first-order valence-electron chi connectivity index (χ1n) is 5.78. The Hall–Kier alpha value is -1.78. The van der Waals surface area contributed by atoms with Crippen molar-refractivity contribution < 1.29 is 9.47 Å². The van der Waals surface area contributed by atoms with Crippen molar-refractivity contribution in [2.45, 2.75) is 0 Å². The normalized spacial score (nSPS) is 10.2. The van der Waals surface area contributed by atoms with Crippen molar-refractivity contribution in [1.82, 2.24) is 0 Å². The number of hydrogen-bond acceptors (Lipinski definition) is 4. The van der Waals surface area contributed by atoms with Gasteiger partial charge in [0.05, 0.1) is 36.3 Å². The van der Waals surface area contributed by atoms with E-state index in [1.165, 1.54) is 0 Å². The van der Waals surface area contributed by atoms with Crippen LogP contribution in [0.4, 0.5) is 17.1 Å². The van der Waals surface area contributed by atoms with Gasteiger partial charge in [-0.3, -0.25) is 0 Å². The number of nitrogens with two attached hydrogens (primary N) is 1. The van der Waals surface area contributed by atoms with E-state index in [9.17, 15) is 0 Å². The average Bonchev–Trinajstić information content (AvgIpc) is 2.43. The van der Waals surface area contributed by atoms with Gasteiger partial charge in [0.2, 0.25) is 0 Å². The third-order valence-electron chi connectivity index (χ3n) is 2.76. The van der Waals surface area contributed by atoms with E-state index in [2.05, 4.69) is 5.32 Å². The molecule has 2 aromatic rings. The molecule has 0 aliphatic heterocycles. The summed E-state index contributed by atoms with van der Waals surface area (Å²) >= 11 is 12.0. The van der Waals surface area contributed by atoms with E-state index in [0.717, 1.165) is 0 Å². The quantitative estimate of drug-likeness (QED) is 0.825. The minimum atomic E-state index is 0.506. The molecule has 0 spiro atoms. The van der Waals surface area contributed by atoms with Gasteiger partial charge in [0, 0.05) is 17.2 Å². The molecule has 6 heteroatoms. The molecule has 0 heterocycles. The van der Waals surface area contributed by atoms with Gasteiger partial charge in [-0.1, -0.05) is 23.2 Å². The lowest BCUT2D eigenvalue weighted by Gasteiger charge is -2.15. The molecule has 20 heavy (non-hydrogen) atoms. The summed E-state index contributed by atoms with van der Waals surface area (Å²) in [5.41, 5.74) is 7.88. The summed E-state index contributed by atoms with van der Waals surface area (Å²) in [7, 11) is 3.12. The van der Waals surface area contributed by atoms with E-state index in [4.69, 9.17) is 38.4 Å². The molecule has 3 N–H and O–H groups in total. The standard InChI is InChI=1S/C14H14Cl2N2O2/c1-19-13-6-10(17)12(7-14(13)20-2)18-11-4-3-8(15)5-9(11)16/h3-7,18H,17H2,1-2H3. The topological polar surface area (TPSA) is 56.5 Å². The minimum Gasteiger partial charge on any atom is -0.493 e. The zero-order valence-electron chi connectivity index (χ0n) is 11.0. The molecular weight excluding hydrogens is 299 g/mol. The van der Waals surface area contributed by atoms with Gasteiger partial charge in [0.25, 0.3) is 0 Å². The predicted molar refractivity (Wildman–Crippen MR) is 83.7 cm³/mol. The summed E-state index contributed by atoms with van der Waals surface area (Å²) in [6, 6.07) is 8.61. The molecule has 0 aliphatic carbocycles. The van der Waals surface area contributed by atoms with Crippen molar-refractivity contribution in [3.05, 3.63) is 40.4 Å². The van der Waals surface area contributed by atoms with Gasteiger partial charge < -0.3 is 20.5 Å². The zero-order chi connectivity index (χ0) is 14.7. The first kappa shape index (κ1) is 14.6. The van der Waals surface area contributed by atoms with Crippen LogP contribution in [0.5, 0.6) is 11.5 Å². The lowest BCUT2D eigenvalue weighted by molar-refractivity contribution is 0.355. The second kappa shape index (κ2) is 6.11. The van der Waals surface area contributed by atoms with Crippen molar-refractivity contribution in [2.24, 2.45) is 0 Å². The van der Waals surface area contributed by atoms with Crippen molar-refractivity contribution in [3.63, 3.8) is 0 Å². The highest BCUT2D eigenvalue weighted by molar-refractivity contribution is 6.36. The zero-order valence-corrected chi connectivity index (χ0v) is 12.5. The van der Waals surface area contributed by atoms with Gasteiger partial charge in [0.1, 0.15) is 0 Å². The Labute approximate surface area is 127 Å². The van der Waals surface area contributed by atoms with Gasteiger partial charge in [-0.15, -0.1) is 0 Å². The molecule has 0 saturated heterocycles. The van der Waals surface area contributed by atoms with Gasteiger partial charge in [0.15, 0.2) is 11.5 Å². The highest BCUT2D eigenvalue weighted by Crippen LogP contribution is 2.37. The second-order valence-corrected chi connectivity index (χ2v) is 4.89. The third-order valence-corrected chi connectivity index (χ3v) is 3.30. The number of ether oxygens (including phenoxy) is 2. The number of nitrogens with one attached hydrogen (secondary N) is 1. The van der Waals surface area contributed by atoms with Crippen molar-refractivity contribution in [3.8, 4) is 11.5 Å². The molecule has 0 saturated carbocycles. The van der Waals surface area contributed by atoms with Crippen LogP contribution in [0.25, 0.3) is 0 Å². The fourth-order valence-electron chi connectivity index (χ4n) is 1.74. The van der Waals surface area contributed by atoms with Crippen molar-refractivity contribution in [1.29, 1.82) is 0 Å². The Morgan fingerprint density at radius 3 is 2.20 bits per heavy atom. The van der Waals surface area contributed by atoms with Crippen LogP contribution in [0.2, 0.25) is 10.0 Å². The van der Waals surface area contributed by atoms with Crippen LogP contribution in [-0.4, -0.2) is 14.2 Å². The summed E-state index contributed by atoms with van der Waals surface area (Å²) in [6.07, 6.45) is 0. The maximum atomic E-state index is 6.12. The van der Waals surface area contributed by atoms with Gasteiger partial charge >= 0.3 is 0 Å². The summed E-state index contributed by atoms with van der Waals surface area (Å²) < 4.78 is 10.4. The summed E-state index contributed by atoms with van der Waals surface area (Å²) in [6.45, 7) is 0. The summed E-state index contributed by atoms with van der Waals surface area (Å²) in [5, 5.41) is 4.22. The largest absolute Gasteiger partial charge is 0.493 e. The molecule has 0 amide bonds. The SMILES string of the molecule is COc1cc(N)c(Nc2ccc(Cl)cc2Cl)cc1OC. The van der Waals surface area contributed by atoms with Gasteiger partial charge in [-0.05, 0) is 18.2 Å². The number of benzene rings is 2. The maximum absolute atomic E-state index is 6.12. The minimum absolute atomic E-state index is 0.506. The van der Waals surface area contributed by atoms with E-state index in [1.54, 1.807) is 44.6 Å². The van der Waals surface area contributed by atoms with Crippen LogP contribution in [-0.2, 0) is 0 Å². The van der Waals surface area contributed by atoms with Gasteiger partial charge in [-0.2, -0.15) is 0 Å². The molecule has 0 bridgehead atoms. The maximum Gasteiger partial charge on any atom is 0.162 e. The smallest absolute Gasteiger partial charge is 0.162 e. The Morgan fingerprint density at radius 1 is 0.950 bits per heavy atom. The van der Waals surface area contributed by atoms with Crippen LogP contribution >= 0.6 is 23.2 Å². The van der Waals surface area contributed by atoms with Crippen LogP contribution in [0, 0.1) is 0 Å². The highest BCUT2D eigenvalue weighted by atomic mass is 35.5. The number of hydrogen-bond donors (Lipinski definition) is 2. The van der Waals surface area contributed by atoms with Crippen molar-refractivity contribution >= 4 is 40.3 Å². The molecule has 2 aromatic carbocycles. The van der Waals surface area contributed by atoms with Crippen molar-refractivity contribution in [2.75, 3.05) is 25.3 Å². The fraction of sp³-hybridized carbons (Fsp3) is 0.143. The van der Waals surface area contributed by atoms with Crippen LogP contribution in [0.1, 0.15) is 0 Å². The molecule has 0 aromatic heterocycles. The van der Waals surface area contributed by atoms with Gasteiger partial charge in [-0.25, -0.2) is 0 Å². The predicted octanol–water partition coefficient (Wildman–Crippen LogP) is 4.34. The Kier molecular flexibility index (Phi) is 4.47. The lowest BCUT2D eigenvalue weighted by Crippen LogP contribution is -1.99. The van der Waals surface area contributed by atoms with E-state index in [0.29, 0.717) is 38.6 Å². The molecule has 0 aliphatic rings. The average molecular weight is 313 g/mol. The van der Waals surface area contributed by atoms with E-state index < -0.39 is 0 Å².